The van der Waals surface area contributed by atoms with Crippen molar-refractivity contribution < 1.29 is 9.18 Å². The van der Waals surface area contributed by atoms with Crippen LogP contribution in [0.4, 0.5) is 4.39 Å². The number of aryl methyl sites for hydroxylation is 1. The lowest BCUT2D eigenvalue weighted by Crippen LogP contribution is -2.35. The van der Waals surface area contributed by atoms with Gasteiger partial charge in [0.25, 0.3) is 0 Å². The van der Waals surface area contributed by atoms with Crippen LogP contribution in [0.25, 0.3) is 0 Å². The van der Waals surface area contributed by atoms with Crippen molar-refractivity contribution in [2.24, 2.45) is 11.7 Å². The molecule has 1 aromatic rings. The molecule has 0 aliphatic heterocycles. The number of carbonyl (C=O) groups is 1. The second-order valence-electron chi connectivity index (χ2n) is 4.65. The van der Waals surface area contributed by atoms with Gasteiger partial charge in [0.05, 0.1) is 0 Å². The van der Waals surface area contributed by atoms with E-state index in [2.05, 4.69) is 5.32 Å². The summed E-state index contributed by atoms with van der Waals surface area (Å²) in [6, 6.07) is 4.10. The van der Waals surface area contributed by atoms with Gasteiger partial charge in [-0.15, -0.1) is 0 Å². The lowest BCUT2D eigenvalue weighted by molar-refractivity contribution is -0.120. The maximum atomic E-state index is 13.4. The summed E-state index contributed by atoms with van der Waals surface area (Å²) in [6.45, 7) is 6.39. The first-order chi connectivity index (χ1) is 7.91. The van der Waals surface area contributed by atoms with Gasteiger partial charge in [0.1, 0.15) is 11.9 Å². The van der Waals surface area contributed by atoms with E-state index in [1.807, 2.05) is 13.8 Å². The number of halogens is 1. The standard InChI is InChI=1S/C13H19FN2O/c1-8(2)7-16-12(13(15)17)10-5-4-9(3)11(14)6-10/h4-6,8,12,16H,7H2,1-3H3,(H2,15,17). The fourth-order valence-electron chi connectivity index (χ4n) is 1.52. The van der Waals surface area contributed by atoms with E-state index in [4.69, 9.17) is 5.73 Å². The van der Waals surface area contributed by atoms with Crippen LogP contribution < -0.4 is 11.1 Å². The Labute approximate surface area is 101 Å². The quantitative estimate of drug-likeness (QED) is 0.823. The number of hydrogen-bond acceptors (Lipinski definition) is 2. The van der Waals surface area contributed by atoms with Crippen molar-refractivity contribution >= 4 is 5.91 Å². The minimum absolute atomic E-state index is 0.319. The molecule has 0 aliphatic carbocycles. The minimum atomic E-state index is -0.632. The van der Waals surface area contributed by atoms with E-state index < -0.39 is 11.9 Å². The molecule has 0 saturated carbocycles. The lowest BCUT2D eigenvalue weighted by Gasteiger charge is -2.17. The van der Waals surface area contributed by atoms with E-state index in [9.17, 15) is 9.18 Å². The van der Waals surface area contributed by atoms with Crippen molar-refractivity contribution in [3.63, 3.8) is 0 Å². The minimum Gasteiger partial charge on any atom is -0.368 e. The lowest BCUT2D eigenvalue weighted by atomic mass is 10.0. The molecule has 0 saturated heterocycles. The van der Waals surface area contributed by atoms with E-state index in [-0.39, 0.29) is 5.82 Å². The third kappa shape index (κ3) is 3.82. The summed E-state index contributed by atoms with van der Waals surface area (Å²) in [6.07, 6.45) is 0. The van der Waals surface area contributed by atoms with Gasteiger partial charge in [-0.3, -0.25) is 4.79 Å². The number of primary amides is 1. The van der Waals surface area contributed by atoms with Crippen LogP contribution in [0.2, 0.25) is 0 Å². The van der Waals surface area contributed by atoms with Crippen molar-refractivity contribution in [3.8, 4) is 0 Å². The summed E-state index contributed by atoms with van der Waals surface area (Å²) in [5, 5.41) is 3.04. The molecule has 94 valence electrons. The summed E-state index contributed by atoms with van der Waals surface area (Å²) in [5.41, 5.74) is 6.45. The Hall–Kier alpha value is -1.42. The topological polar surface area (TPSA) is 55.1 Å². The summed E-state index contributed by atoms with van der Waals surface area (Å²) in [7, 11) is 0. The molecule has 1 amide bonds. The van der Waals surface area contributed by atoms with Gasteiger partial charge in [0.15, 0.2) is 0 Å². The summed E-state index contributed by atoms with van der Waals surface area (Å²) in [5.74, 6) is -0.416. The van der Waals surface area contributed by atoms with Crippen LogP contribution in [0, 0.1) is 18.7 Å². The van der Waals surface area contributed by atoms with Gasteiger partial charge in [-0.1, -0.05) is 26.0 Å². The highest BCUT2D eigenvalue weighted by atomic mass is 19.1. The van der Waals surface area contributed by atoms with Crippen LogP contribution in [0.15, 0.2) is 18.2 Å². The van der Waals surface area contributed by atoms with Crippen LogP contribution in [0.5, 0.6) is 0 Å². The zero-order valence-electron chi connectivity index (χ0n) is 10.5. The van der Waals surface area contributed by atoms with Crippen molar-refractivity contribution in [1.29, 1.82) is 0 Å². The first kappa shape index (κ1) is 13.6. The molecule has 0 aromatic heterocycles. The van der Waals surface area contributed by atoms with Crippen molar-refractivity contribution in [1.82, 2.24) is 5.32 Å². The zero-order valence-corrected chi connectivity index (χ0v) is 10.5. The summed E-state index contributed by atoms with van der Waals surface area (Å²) < 4.78 is 13.4. The van der Waals surface area contributed by atoms with Gasteiger partial charge in [0, 0.05) is 0 Å². The molecule has 0 radical (unpaired) electrons. The van der Waals surface area contributed by atoms with Gasteiger partial charge < -0.3 is 11.1 Å². The molecule has 1 atom stereocenters. The molecular weight excluding hydrogens is 219 g/mol. The third-order valence-electron chi connectivity index (χ3n) is 2.54. The number of amides is 1. The van der Waals surface area contributed by atoms with E-state index >= 15 is 0 Å². The normalized spacial score (nSPS) is 12.8. The van der Waals surface area contributed by atoms with Gasteiger partial charge in [-0.05, 0) is 36.6 Å². The first-order valence-electron chi connectivity index (χ1n) is 5.70. The van der Waals surface area contributed by atoms with Gasteiger partial charge >= 0.3 is 0 Å². The highest BCUT2D eigenvalue weighted by molar-refractivity contribution is 5.81. The van der Waals surface area contributed by atoms with Crippen LogP contribution in [-0.2, 0) is 4.79 Å². The molecule has 0 fully saturated rings. The van der Waals surface area contributed by atoms with Crippen LogP contribution in [-0.4, -0.2) is 12.5 Å². The summed E-state index contributed by atoms with van der Waals surface area (Å²) >= 11 is 0. The third-order valence-corrected chi connectivity index (χ3v) is 2.54. The molecule has 0 heterocycles. The average Bonchev–Trinajstić information content (AvgIpc) is 2.22. The van der Waals surface area contributed by atoms with Crippen molar-refractivity contribution in [2.75, 3.05) is 6.54 Å². The van der Waals surface area contributed by atoms with E-state index in [1.54, 1.807) is 19.1 Å². The number of hydrogen-bond donors (Lipinski definition) is 2. The monoisotopic (exact) mass is 238 g/mol. The van der Waals surface area contributed by atoms with Crippen molar-refractivity contribution in [2.45, 2.75) is 26.8 Å². The number of rotatable bonds is 5. The van der Waals surface area contributed by atoms with Gasteiger partial charge in [-0.25, -0.2) is 4.39 Å². The highest BCUT2D eigenvalue weighted by Crippen LogP contribution is 2.16. The molecular formula is C13H19FN2O. The number of nitrogens with one attached hydrogen (secondary N) is 1. The molecule has 3 N–H and O–H groups in total. The number of nitrogens with two attached hydrogens (primary N) is 1. The zero-order chi connectivity index (χ0) is 13.0. The molecule has 0 bridgehead atoms. The molecule has 3 nitrogen and oxygen atoms in total. The Bertz CT molecular complexity index is 404. The fraction of sp³-hybridized carbons (Fsp3) is 0.462. The Kier molecular flexibility index (Phi) is 4.63. The largest absolute Gasteiger partial charge is 0.368 e. The maximum Gasteiger partial charge on any atom is 0.239 e. The Morgan fingerprint density at radius 2 is 2.12 bits per heavy atom. The molecule has 4 heteroatoms. The van der Waals surface area contributed by atoms with E-state index in [1.165, 1.54) is 6.07 Å². The molecule has 0 spiro atoms. The van der Waals surface area contributed by atoms with Crippen LogP contribution >= 0.6 is 0 Å². The average molecular weight is 238 g/mol. The summed E-state index contributed by atoms with van der Waals surface area (Å²) in [4.78, 5) is 11.3. The number of benzene rings is 1. The second-order valence-corrected chi connectivity index (χ2v) is 4.65. The Morgan fingerprint density at radius 1 is 1.47 bits per heavy atom. The SMILES string of the molecule is Cc1ccc(C(NCC(C)C)C(N)=O)cc1F. The molecule has 17 heavy (non-hydrogen) atoms. The van der Waals surface area contributed by atoms with E-state index in [0.29, 0.717) is 23.6 Å². The van der Waals surface area contributed by atoms with E-state index in [0.717, 1.165) is 0 Å². The van der Waals surface area contributed by atoms with Gasteiger partial charge in [0.2, 0.25) is 5.91 Å². The predicted octanol–water partition coefficient (Wildman–Crippen LogP) is 1.91. The molecule has 1 aromatic carbocycles. The Morgan fingerprint density at radius 3 is 2.59 bits per heavy atom. The molecule has 1 rings (SSSR count). The Balaban J connectivity index is 2.89. The fourth-order valence-corrected chi connectivity index (χ4v) is 1.52. The predicted molar refractivity (Wildman–Crippen MR) is 65.9 cm³/mol. The van der Waals surface area contributed by atoms with Crippen LogP contribution in [0.1, 0.15) is 31.0 Å². The van der Waals surface area contributed by atoms with Crippen molar-refractivity contribution in [3.05, 3.63) is 35.1 Å². The smallest absolute Gasteiger partial charge is 0.239 e. The first-order valence-corrected chi connectivity index (χ1v) is 5.70. The molecule has 0 aliphatic rings. The number of carbonyl (C=O) groups excluding carboxylic acids is 1. The maximum absolute atomic E-state index is 13.4. The molecule has 1 unspecified atom stereocenters. The van der Waals surface area contributed by atoms with Gasteiger partial charge in [-0.2, -0.15) is 0 Å². The highest BCUT2D eigenvalue weighted by Gasteiger charge is 2.18. The van der Waals surface area contributed by atoms with Crippen LogP contribution in [0.3, 0.4) is 0 Å². The second kappa shape index (κ2) is 5.77.